The van der Waals surface area contributed by atoms with Crippen LogP contribution in [0.2, 0.25) is 0 Å². The molecule has 3 N–H and O–H groups in total. The summed E-state index contributed by atoms with van der Waals surface area (Å²) in [5.41, 5.74) is 0. The summed E-state index contributed by atoms with van der Waals surface area (Å²) < 4.78 is 0. The third-order valence-electron chi connectivity index (χ3n) is 4.33. The molecule has 0 radical (unpaired) electrons. The van der Waals surface area contributed by atoms with Crippen molar-refractivity contribution in [2.75, 3.05) is 6.16 Å². The first-order chi connectivity index (χ1) is 10.4. The van der Waals surface area contributed by atoms with Gasteiger partial charge < -0.3 is 6.15 Å². The predicted molar refractivity (Wildman–Crippen MR) is 118 cm³/mol. The van der Waals surface area contributed by atoms with Crippen LogP contribution in [0.5, 0.6) is 0 Å². The van der Waals surface area contributed by atoms with E-state index in [-0.39, 0.29) is 30.1 Å². The van der Waals surface area contributed by atoms with Gasteiger partial charge in [0.2, 0.25) is 0 Å². The molecule has 0 aliphatic rings. The summed E-state index contributed by atoms with van der Waals surface area (Å²) in [7, 11) is -1.90. The van der Waals surface area contributed by atoms with E-state index < -0.39 is 7.26 Å². The molecule has 0 aliphatic carbocycles. The minimum absolute atomic E-state index is 0. The molecule has 0 heterocycles. The Morgan fingerprint density at radius 2 is 0.826 bits per heavy atom. The van der Waals surface area contributed by atoms with E-state index in [1.807, 2.05) is 0 Å². The fourth-order valence-corrected chi connectivity index (χ4v) is 7.79. The molecule has 0 aromatic heterocycles. The van der Waals surface area contributed by atoms with Crippen molar-refractivity contribution in [3.05, 3.63) is 91.0 Å². The maximum Gasteiger partial charge on any atom is -0.107 e. The molecule has 3 aromatic rings. The fraction of sp³-hybridized carbons (Fsp3) is 0.100. The first-order valence-corrected chi connectivity index (χ1v) is 9.75. The summed E-state index contributed by atoms with van der Waals surface area (Å²) in [4.78, 5) is 0. The van der Waals surface area contributed by atoms with Crippen LogP contribution in [0, 0.1) is 0 Å². The van der Waals surface area contributed by atoms with Crippen molar-refractivity contribution in [1.82, 2.24) is 6.15 Å². The monoisotopic (exact) mass is 437 g/mol. The predicted octanol–water partition coefficient (Wildman–Crippen LogP) is 4.51. The number of hydrogen-bond acceptors (Lipinski definition) is 1. The summed E-state index contributed by atoms with van der Waals surface area (Å²) in [6.45, 7) is 2.33. The Hall–Kier alpha value is -1.22. The SMILES string of the molecule is CC[PH](c1ccccc1)(c1ccccc1)c1ccccc1.I.N. The van der Waals surface area contributed by atoms with Crippen LogP contribution in [-0.4, -0.2) is 6.16 Å². The zero-order valence-electron chi connectivity index (χ0n) is 13.5. The molecule has 0 saturated heterocycles. The number of hydrogen-bond donors (Lipinski definition) is 1. The van der Waals surface area contributed by atoms with Crippen molar-refractivity contribution in [2.45, 2.75) is 6.92 Å². The molecule has 23 heavy (non-hydrogen) atoms. The van der Waals surface area contributed by atoms with E-state index in [9.17, 15) is 0 Å². The number of halogens is 1. The van der Waals surface area contributed by atoms with Crippen molar-refractivity contribution < 1.29 is 0 Å². The van der Waals surface area contributed by atoms with Crippen LogP contribution in [0.15, 0.2) is 91.0 Å². The Labute approximate surface area is 157 Å². The van der Waals surface area contributed by atoms with E-state index >= 15 is 0 Å². The molecular weight excluding hydrogens is 412 g/mol. The van der Waals surface area contributed by atoms with Gasteiger partial charge in [-0.3, -0.25) is 0 Å². The van der Waals surface area contributed by atoms with Gasteiger partial charge in [-0.15, -0.1) is 24.0 Å². The van der Waals surface area contributed by atoms with Crippen molar-refractivity contribution in [1.29, 1.82) is 0 Å². The van der Waals surface area contributed by atoms with E-state index in [1.165, 1.54) is 22.1 Å². The molecule has 122 valence electrons. The van der Waals surface area contributed by atoms with Crippen LogP contribution in [0.4, 0.5) is 0 Å². The third kappa shape index (κ3) is 3.82. The zero-order chi connectivity index (χ0) is 14.5. The molecule has 0 bridgehead atoms. The van der Waals surface area contributed by atoms with Crippen molar-refractivity contribution in [2.24, 2.45) is 0 Å². The summed E-state index contributed by atoms with van der Waals surface area (Å²) in [6, 6.07) is 33.1. The molecule has 0 atom stereocenters. The average molecular weight is 437 g/mol. The molecule has 3 rings (SSSR count). The van der Waals surface area contributed by atoms with E-state index in [0.717, 1.165) is 0 Å². The third-order valence-corrected chi connectivity index (χ3v) is 9.35. The van der Waals surface area contributed by atoms with Crippen LogP contribution in [-0.2, 0) is 0 Å². The Bertz CT molecular complexity index is 590. The number of benzene rings is 3. The van der Waals surface area contributed by atoms with Gasteiger partial charge in [0, 0.05) is 0 Å². The second-order valence-corrected chi connectivity index (χ2v) is 9.61. The Balaban J connectivity index is 0.00000132. The van der Waals surface area contributed by atoms with Crippen LogP contribution >= 0.6 is 31.2 Å². The van der Waals surface area contributed by atoms with Gasteiger partial charge in [-0.25, -0.2) is 0 Å². The second-order valence-electron chi connectivity index (χ2n) is 5.36. The Morgan fingerprint density at radius 1 is 0.565 bits per heavy atom. The van der Waals surface area contributed by atoms with Crippen molar-refractivity contribution in [3.8, 4) is 0 Å². The summed E-state index contributed by atoms with van der Waals surface area (Å²) in [6.07, 6.45) is 1.17. The summed E-state index contributed by atoms with van der Waals surface area (Å²) >= 11 is 0. The topological polar surface area (TPSA) is 35.0 Å². The maximum absolute atomic E-state index is 2.33. The first-order valence-electron chi connectivity index (χ1n) is 7.54. The molecule has 0 saturated carbocycles. The van der Waals surface area contributed by atoms with Gasteiger partial charge in [-0.05, 0) is 0 Å². The van der Waals surface area contributed by atoms with Crippen molar-refractivity contribution in [3.63, 3.8) is 0 Å². The zero-order valence-corrected chi connectivity index (χ0v) is 16.8. The van der Waals surface area contributed by atoms with E-state index in [4.69, 9.17) is 0 Å². The minimum atomic E-state index is -1.90. The van der Waals surface area contributed by atoms with E-state index in [1.54, 1.807) is 0 Å². The van der Waals surface area contributed by atoms with Gasteiger partial charge >= 0.3 is 127 Å². The van der Waals surface area contributed by atoms with Crippen molar-refractivity contribution >= 4 is 47.2 Å². The Kier molecular flexibility index (Phi) is 7.90. The standard InChI is InChI=1S/C20H21P.HI.H3N/c1-2-21(18-12-6-3-7-13-18,19-14-8-4-9-15-19)20-16-10-5-11-17-20;;/h3-17,21H,2H2,1H3;1H;1H3. The molecule has 0 aliphatic heterocycles. The smallest absolute Gasteiger partial charge is 0.107 e. The molecule has 3 aromatic carbocycles. The van der Waals surface area contributed by atoms with Crippen LogP contribution < -0.4 is 22.1 Å². The Morgan fingerprint density at radius 3 is 1.04 bits per heavy atom. The van der Waals surface area contributed by atoms with Gasteiger partial charge in [0.1, 0.15) is 0 Å². The van der Waals surface area contributed by atoms with Gasteiger partial charge in [0.25, 0.3) is 0 Å². The van der Waals surface area contributed by atoms with Crippen LogP contribution in [0.1, 0.15) is 6.92 Å². The summed E-state index contributed by atoms with van der Waals surface area (Å²) in [5.74, 6) is 0. The minimum Gasteiger partial charge on any atom is -0.344 e. The molecule has 1 nitrogen and oxygen atoms in total. The first kappa shape index (κ1) is 19.8. The van der Waals surface area contributed by atoms with Gasteiger partial charge in [0.15, 0.2) is 0 Å². The largest absolute Gasteiger partial charge is 0.344 e. The molecule has 0 amide bonds. The average Bonchev–Trinajstić information content (AvgIpc) is 2.59. The quantitative estimate of drug-likeness (QED) is 0.473. The van der Waals surface area contributed by atoms with Crippen LogP contribution in [0.3, 0.4) is 0 Å². The van der Waals surface area contributed by atoms with Gasteiger partial charge in [0.05, 0.1) is 0 Å². The molecule has 0 fully saturated rings. The van der Waals surface area contributed by atoms with Gasteiger partial charge in [-0.1, -0.05) is 0 Å². The van der Waals surface area contributed by atoms with E-state index in [2.05, 4.69) is 97.9 Å². The number of rotatable bonds is 4. The van der Waals surface area contributed by atoms with Crippen LogP contribution in [0.25, 0.3) is 0 Å². The fourth-order valence-electron chi connectivity index (χ4n) is 3.28. The molecule has 3 heteroatoms. The van der Waals surface area contributed by atoms with Gasteiger partial charge in [-0.2, -0.15) is 0 Å². The van der Waals surface area contributed by atoms with E-state index in [0.29, 0.717) is 0 Å². The summed E-state index contributed by atoms with van der Waals surface area (Å²) in [5, 5.41) is 4.47. The maximum atomic E-state index is 2.33. The second kappa shape index (κ2) is 9.17. The molecular formula is C20H25INP. The normalized spacial score (nSPS) is 11.0. The molecule has 0 unspecified atom stereocenters. The molecule has 0 spiro atoms.